The van der Waals surface area contributed by atoms with E-state index in [0.717, 1.165) is 22.3 Å². The molecule has 2 N–H and O–H groups in total. The first kappa shape index (κ1) is 11.6. The fraction of sp³-hybridized carbons (Fsp3) is 0.214. The highest BCUT2D eigenvalue weighted by Gasteiger charge is 2.13. The Labute approximate surface area is 111 Å². The van der Waals surface area contributed by atoms with Crippen LogP contribution in [0, 0.1) is 0 Å². The van der Waals surface area contributed by atoms with Crippen molar-refractivity contribution in [3.8, 4) is 11.3 Å². The molecule has 0 spiro atoms. The molecular weight excluding hydrogens is 238 g/mol. The first-order valence-electron chi connectivity index (χ1n) is 6.21. The molecule has 0 radical (unpaired) electrons. The summed E-state index contributed by atoms with van der Waals surface area (Å²) in [4.78, 5) is 12.7. The highest BCUT2D eigenvalue weighted by atomic mass is 15.0. The Morgan fingerprint density at radius 1 is 1.16 bits per heavy atom. The number of rotatable bonds is 2. The average Bonchev–Trinajstić information content (AvgIpc) is 2.78. The van der Waals surface area contributed by atoms with Crippen molar-refractivity contribution >= 4 is 17.0 Å². The van der Waals surface area contributed by atoms with Gasteiger partial charge in [0, 0.05) is 30.2 Å². The Hall–Kier alpha value is -2.43. The molecule has 0 aliphatic rings. The van der Waals surface area contributed by atoms with E-state index in [2.05, 4.69) is 45.6 Å². The summed E-state index contributed by atoms with van der Waals surface area (Å²) in [5.74, 6) is 0.277. The molecule has 3 aromatic heterocycles. The van der Waals surface area contributed by atoms with Crippen LogP contribution < -0.4 is 5.73 Å². The smallest absolute Gasteiger partial charge is 0.220 e. The molecule has 0 aromatic carbocycles. The van der Waals surface area contributed by atoms with E-state index >= 15 is 0 Å². The Kier molecular flexibility index (Phi) is 2.67. The van der Waals surface area contributed by atoms with Gasteiger partial charge >= 0.3 is 0 Å². The second-order valence-corrected chi connectivity index (χ2v) is 4.72. The van der Waals surface area contributed by atoms with Gasteiger partial charge in [0.2, 0.25) is 5.95 Å². The van der Waals surface area contributed by atoms with Gasteiger partial charge in [0.1, 0.15) is 0 Å². The largest absolute Gasteiger partial charge is 0.368 e. The second kappa shape index (κ2) is 4.35. The summed E-state index contributed by atoms with van der Waals surface area (Å²) >= 11 is 0. The van der Waals surface area contributed by atoms with Crippen LogP contribution in [0.3, 0.4) is 0 Å². The Balaban J connectivity index is 2.30. The van der Waals surface area contributed by atoms with Crippen LogP contribution in [0.5, 0.6) is 0 Å². The van der Waals surface area contributed by atoms with Crippen LogP contribution >= 0.6 is 0 Å². The van der Waals surface area contributed by atoms with E-state index in [1.54, 1.807) is 12.4 Å². The second-order valence-electron chi connectivity index (χ2n) is 4.72. The highest BCUT2D eigenvalue weighted by Crippen LogP contribution is 2.29. The number of nitrogens with zero attached hydrogens (tertiary/aromatic N) is 4. The number of fused-ring (bicyclic) bond motifs is 1. The zero-order valence-electron chi connectivity index (χ0n) is 10.9. The van der Waals surface area contributed by atoms with E-state index in [1.807, 2.05) is 12.1 Å². The number of anilines is 1. The highest BCUT2D eigenvalue weighted by molar-refractivity contribution is 5.92. The SMILES string of the molecule is CC(C)n1cc(-c2ccnc(N)n2)c2ncccc21. The average molecular weight is 253 g/mol. The van der Waals surface area contributed by atoms with Crippen molar-refractivity contribution in [2.75, 3.05) is 5.73 Å². The normalized spacial score (nSPS) is 11.3. The minimum Gasteiger partial charge on any atom is -0.368 e. The van der Waals surface area contributed by atoms with Crippen LogP contribution in [0.4, 0.5) is 5.95 Å². The van der Waals surface area contributed by atoms with Gasteiger partial charge in [0.25, 0.3) is 0 Å². The first-order chi connectivity index (χ1) is 9.16. The number of nitrogen functional groups attached to an aromatic ring is 1. The van der Waals surface area contributed by atoms with Gasteiger partial charge in [-0.3, -0.25) is 4.98 Å². The third-order valence-electron chi connectivity index (χ3n) is 3.09. The summed E-state index contributed by atoms with van der Waals surface area (Å²) in [6, 6.07) is 6.22. The predicted octanol–water partition coefficient (Wildman–Crippen LogP) is 2.66. The summed E-state index contributed by atoms with van der Waals surface area (Å²) < 4.78 is 2.19. The van der Waals surface area contributed by atoms with Crippen LogP contribution in [-0.2, 0) is 0 Å². The molecule has 3 rings (SSSR count). The van der Waals surface area contributed by atoms with Crippen molar-refractivity contribution in [3.63, 3.8) is 0 Å². The zero-order chi connectivity index (χ0) is 13.4. The summed E-state index contributed by atoms with van der Waals surface area (Å²) in [6.45, 7) is 4.29. The van der Waals surface area contributed by atoms with Gasteiger partial charge in [-0.1, -0.05) is 0 Å². The molecule has 0 aliphatic carbocycles. The van der Waals surface area contributed by atoms with Gasteiger partial charge in [0.05, 0.1) is 16.7 Å². The lowest BCUT2D eigenvalue weighted by molar-refractivity contribution is 0.623. The third kappa shape index (κ3) is 1.93. The van der Waals surface area contributed by atoms with Crippen molar-refractivity contribution in [3.05, 3.63) is 36.8 Å². The molecule has 0 atom stereocenters. The number of aromatic nitrogens is 4. The standard InChI is InChI=1S/C14H15N5/c1-9(2)19-8-10(11-5-7-17-14(15)18-11)13-12(19)4-3-6-16-13/h3-9H,1-2H3,(H2,15,17,18). The molecule has 0 bridgehead atoms. The maximum atomic E-state index is 5.66. The molecule has 0 aliphatic heterocycles. The molecule has 3 heterocycles. The van der Waals surface area contributed by atoms with Gasteiger partial charge in [-0.15, -0.1) is 0 Å². The molecule has 0 saturated heterocycles. The van der Waals surface area contributed by atoms with Gasteiger partial charge < -0.3 is 10.3 Å². The molecule has 96 valence electrons. The molecule has 5 heteroatoms. The molecular formula is C14H15N5. The predicted molar refractivity (Wildman–Crippen MR) is 75.6 cm³/mol. The minimum absolute atomic E-state index is 0.277. The van der Waals surface area contributed by atoms with E-state index in [4.69, 9.17) is 5.73 Å². The molecule has 5 nitrogen and oxygen atoms in total. The number of pyridine rings is 1. The van der Waals surface area contributed by atoms with Crippen LogP contribution in [-0.4, -0.2) is 19.5 Å². The summed E-state index contributed by atoms with van der Waals surface area (Å²) in [6.07, 6.45) is 5.53. The Morgan fingerprint density at radius 3 is 2.74 bits per heavy atom. The quantitative estimate of drug-likeness (QED) is 0.762. The summed E-state index contributed by atoms with van der Waals surface area (Å²) in [5.41, 5.74) is 9.48. The number of hydrogen-bond acceptors (Lipinski definition) is 4. The molecule has 19 heavy (non-hydrogen) atoms. The molecule has 0 amide bonds. The summed E-state index contributed by atoms with van der Waals surface area (Å²) in [5, 5.41) is 0. The molecule has 0 fully saturated rings. The van der Waals surface area contributed by atoms with E-state index in [0.29, 0.717) is 6.04 Å². The summed E-state index contributed by atoms with van der Waals surface area (Å²) in [7, 11) is 0. The van der Waals surface area contributed by atoms with E-state index in [9.17, 15) is 0 Å². The Morgan fingerprint density at radius 2 is 2.00 bits per heavy atom. The van der Waals surface area contributed by atoms with Gasteiger partial charge in [-0.05, 0) is 32.0 Å². The van der Waals surface area contributed by atoms with Gasteiger partial charge in [-0.25, -0.2) is 9.97 Å². The minimum atomic E-state index is 0.277. The maximum absolute atomic E-state index is 5.66. The fourth-order valence-corrected chi connectivity index (χ4v) is 2.22. The zero-order valence-corrected chi connectivity index (χ0v) is 10.9. The lowest BCUT2D eigenvalue weighted by atomic mass is 10.2. The lowest BCUT2D eigenvalue weighted by Crippen LogP contribution is -1.98. The molecule has 3 aromatic rings. The van der Waals surface area contributed by atoms with Crippen molar-refractivity contribution in [2.24, 2.45) is 0 Å². The van der Waals surface area contributed by atoms with E-state index in [1.165, 1.54) is 0 Å². The van der Waals surface area contributed by atoms with Crippen LogP contribution in [0.1, 0.15) is 19.9 Å². The number of hydrogen-bond donors (Lipinski definition) is 1. The van der Waals surface area contributed by atoms with Crippen molar-refractivity contribution in [1.29, 1.82) is 0 Å². The maximum Gasteiger partial charge on any atom is 0.220 e. The third-order valence-corrected chi connectivity index (χ3v) is 3.09. The molecule has 0 saturated carbocycles. The van der Waals surface area contributed by atoms with Crippen LogP contribution in [0.2, 0.25) is 0 Å². The van der Waals surface area contributed by atoms with Crippen LogP contribution in [0.25, 0.3) is 22.3 Å². The van der Waals surface area contributed by atoms with Crippen molar-refractivity contribution in [2.45, 2.75) is 19.9 Å². The van der Waals surface area contributed by atoms with E-state index in [-0.39, 0.29) is 5.95 Å². The lowest BCUT2D eigenvalue weighted by Gasteiger charge is -2.07. The van der Waals surface area contributed by atoms with Crippen molar-refractivity contribution in [1.82, 2.24) is 19.5 Å². The molecule has 0 unspecified atom stereocenters. The van der Waals surface area contributed by atoms with Gasteiger partial charge in [0.15, 0.2) is 0 Å². The van der Waals surface area contributed by atoms with Crippen molar-refractivity contribution < 1.29 is 0 Å². The topological polar surface area (TPSA) is 69.6 Å². The number of nitrogens with two attached hydrogens (primary N) is 1. The van der Waals surface area contributed by atoms with E-state index < -0.39 is 0 Å². The first-order valence-corrected chi connectivity index (χ1v) is 6.21. The monoisotopic (exact) mass is 253 g/mol. The van der Waals surface area contributed by atoms with Gasteiger partial charge in [-0.2, -0.15) is 0 Å². The fourth-order valence-electron chi connectivity index (χ4n) is 2.22. The van der Waals surface area contributed by atoms with Crippen LogP contribution in [0.15, 0.2) is 36.8 Å². The Bertz CT molecular complexity index is 730.